The van der Waals surface area contributed by atoms with Crippen LogP contribution in [0.5, 0.6) is 0 Å². The second kappa shape index (κ2) is 7.78. The van der Waals surface area contributed by atoms with Crippen molar-refractivity contribution in [1.29, 1.82) is 0 Å². The molecule has 0 unspecified atom stereocenters. The molecule has 0 fully saturated rings. The van der Waals surface area contributed by atoms with E-state index in [1.54, 1.807) is 7.11 Å². The number of methoxy groups -OCH3 is 1. The van der Waals surface area contributed by atoms with Crippen molar-refractivity contribution in [1.82, 2.24) is 14.9 Å². The topological polar surface area (TPSA) is 56.2 Å². The van der Waals surface area contributed by atoms with E-state index >= 15 is 0 Å². The number of fused-ring (bicyclic) bond motifs is 1. The first-order valence-electron chi connectivity index (χ1n) is 7.46. The molecule has 2 rings (SSSR count). The Hall–Kier alpha value is -1.88. The first kappa shape index (κ1) is 15.5. The van der Waals surface area contributed by atoms with Gasteiger partial charge >= 0.3 is 0 Å². The van der Waals surface area contributed by atoms with Crippen LogP contribution in [0, 0.1) is 0 Å². The van der Waals surface area contributed by atoms with Crippen LogP contribution in [0.3, 0.4) is 0 Å². The number of nitrogens with one attached hydrogen (secondary N) is 1. The van der Waals surface area contributed by atoms with Gasteiger partial charge in [0.1, 0.15) is 5.82 Å². The maximum Gasteiger partial charge on any atom is 0.219 e. The number of nitrogens with zero attached hydrogens (tertiary/aromatic N) is 2. The summed E-state index contributed by atoms with van der Waals surface area (Å²) in [6, 6.07) is 8.08. The van der Waals surface area contributed by atoms with Crippen molar-refractivity contribution in [3.8, 4) is 0 Å². The molecule has 0 aliphatic carbocycles. The highest BCUT2D eigenvalue weighted by Crippen LogP contribution is 2.16. The Morgan fingerprint density at radius 2 is 2.19 bits per heavy atom. The second-order valence-electron chi connectivity index (χ2n) is 5.01. The quantitative estimate of drug-likeness (QED) is 0.810. The van der Waals surface area contributed by atoms with E-state index in [1.165, 1.54) is 0 Å². The number of aromatic nitrogens is 2. The van der Waals surface area contributed by atoms with E-state index < -0.39 is 0 Å². The summed E-state index contributed by atoms with van der Waals surface area (Å²) < 4.78 is 7.35. The van der Waals surface area contributed by atoms with Gasteiger partial charge in [0.25, 0.3) is 0 Å². The van der Waals surface area contributed by atoms with E-state index in [0.29, 0.717) is 19.6 Å². The van der Waals surface area contributed by atoms with Gasteiger partial charge in [-0.05, 0) is 18.6 Å². The third-order valence-electron chi connectivity index (χ3n) is 3.40. The number of hydrogen-bond donors (Lipinski definition) is 1. The number of carbonyl (C=O) groups is 1. The number of benzene rings is 1. The number of imidazole rings is 1. The van der Waals surface area contributed by atoms with Gasteiger partial charge in [-0.15, -0.1) is 0 Å². The summed E-state index contributed by atoms with van der Waals surface area (Å²) in [6.45, 7) is 4.05. The Kier molecular flexibility index (Phi) is 5.75. The lowest BCUT2D eigenvalue weighted by atomic mass is 10.3. The van der Waals surface area contributed by atoms with Gasteiger partial charge in [0, 0.05) is 33.0 Å². The molecule has 0 saturated heterocycles. The average molecular weight is 289 g/mol. The lowest BCUT2D eigenvalue weighted by Crippen LogP contribution is -2.26. The molecule has 0 atom stereocenters. The minimum atomic E-state index is 0.108. The summed E-state index contributed by atoms with van der Waals surface area (Å²) in [4.78, 5) is 16.2. The molecule has 1 amide bonds. The van der Waals surface area contributed by atoms with Crippen molar-refractivity contribution in [2.24, 2.45) is 0 Å². The van der Waals surface area contributed by atoms with Gasteiger partial charge in [-0.3, -0.25) is 4.79 Å². The van der Waals surface area contributed by atoms with Crippen molar-refractivity contribution in [2.75, 3.05) is 20.3 Å². The Balaban J connectivity index is 2.08. The average Bonchev–Trinajstić information content (AvgIpc) is 2.83. The number of amides is 1. The van der Waals surface area contributed by atoms with Crippen LogP contribution in [0.4, 0.5) is 0 Å². The maximum absolute atomic E-state index is 11.5. The van der Waals surface area contributed by atoms with Crippen LogP contribution in [0.25, 0.3) is 11.0 Å². The normalized spacial score (nSPS) is 11.0. The summed E-state index contributed by atoms with van der Waals surface area (Å²) in [7, 11) is 1.70. The lowest BCUT2D eigenvalue weighted by Gasteiger charge is -2.09. The van der Waals surface area contributed by atoms with E-state index in [4.69, 9.17) is 4.74 Å². The Morgan fingerprint density at radius 3 is 2.95 bits per heavy atom. The van der Waals surface area contributed by atoms with E-state index in [1.807, 2.05) is 25.1 Å². The minimum absolute atomic E-state index is 0.108. The number of hydrogen-bond acceptors (Lipinski definition) is 3. The van der Waals surface area contributed by atoms with Crippen molar-refractivity contribution in [2.45, 2.75) is 32.7 Å². The molecule has 5 nitrogen and oxygen atoms in total. The molecule has 0 spiro atoms. The molecule has 1 N–H and O–H groups in total. The molecule has 0 radical (unpaired) electrons. The highest BCUT2D eigenvalue weighted by atomic mass is 16.5. The maximum atomic E-state index is 11.5. The number of rotatable bonds is 8. The smallest absolute Gasteiger partial charge is 0.219 e. The Bertz CT molecular complexity index is 592. The first-order chi connectivity index (χ1) is 10.3. The molecule has 5 heteroatoms. The van der Waals surface area contributed by atoms with Gasteiger partial charge in [0.05, 0.1) is 17.6 Å². The van der Waals surface area contributed by atoms with Crippen molar-refractivity contribution in [3.63, 3.8) is 0 Å². The zero-order valence-electron chi connectivity index (χ0n) is 12.8. The highest BCUT2D eigenvalue weighted by molar-refractivity contribution is 5.76. The van der Waals surface area contributed by atoms with Gasteiger partial charge in [-0.25, -0.2) is 4.98 Å². The van der Waals surface area contributed by atoms with Crippen LogP contribution in [-0.2, 0) is 22.5 Å². The van der Waals surface area contributed by atoms with Gasteiger partial charge in [-0.1, -0.05) is 19.1 Å². The van der Waals surface area contributed by atoms with Crippen LogP contribution in [0.15, 0.2) is 24.3 Å². The summed E-state index contributed by atoms with van der Waals surface area (Å²) in [6.07, 6.45) is 2.19. The van der Waals surface area contributed by atoms with Crippen LogP contribution >= 0.6 is 0 Å². The molecule has 2 aromatic rings. The third-order valence-corrected chi connectivity index (χ3v) is 3.40. The molecule has 21 heavy (non-hydrogen) atoms. The predicted molar refractivity (Wildman–Crippen MR) is 83.2 cm³/mol. The molecule has 0 aliphatic heterocycles. The van der Waals surface area contributed by atoms with Crippen molar-refractivity contribution in [3.05, 3.63) is 30.1 Å². The van der Waals surface area contributed by atoms with Crippen molar-refractivity contribution < 1.29 is 9.53 Å². The van der Waals surface area contributed by atoms with Gasteiger partial charge < -0.3 is 14.6 Å². The standard InChI is InChI=1S/C16H23N3O2/c1-3-6-16(20)17-10-9-15-18-13-7-4-5-8-14(13)19(15)11-12-21-2/h4-5,7-8H,3,6,9-12H2,1-2H3,(H,17,20). The zero-order valence-corrected chi connectivity index (χ0v) is 12.8. The molecule has 1 aromatic heterocycles. The van der Waals surface area contributed by atoms with E-state index in [0.717, 1.165) is 36.2 Å². The summed E-state index contributed by atoms with van der Waals surface area (Å²) in [5.74, 6) is 1.10. The SMILES string of the molecule is CCCC(=O)NCCc1nc2ccccc2n1CCOC. The molecular weight excluding hydrogens is 266 g/mol. The largest absolute Gasteiger partial charge is 0.383 e. The number of ether oxygens (including phenoxy) is 1. The summed E-state index contributed by atoms with van der Waals surface area (Å²) in [5, 5.41) is 2.94. The van der Waals surface area contributed by atoms with Crippen LogP contribution in [0.1, 0.15) is 25.6 Å². The van der Waals surface area contributed by atoms with Gasteiger partial charge in [0.2, 0.25) is 5.91 Å². The molecule has 0 bridgehead atoms. The van der Waals surface area contributed by atoms with E-state index in [9.17, 15) is 4.79 Å². The van der Waals surface area contributed by atoms with Crippen LogP contribution < -0.4 is 5.32 Å². The van der Waals surface area contributed by atoms with Crippen LogP contribution in [0.2, 0.25) is 0 Å². The molecule has 1 aromatic carbocycles. The zero-order chi connectivity index (χ0) is 15.1. The summed E-state index contributed by atoms with van der Waals surface area (Å²) in [5.41, 5.74) is 2.10. The third kappa shape index (κ3) is 4.04. The molecule has 0 saturated carbocycles. The molecule has 0 aliphatic rings. The molecule has 114 valence electrons. The Labute approximate surface area is 125 Å². The highest BCUT2D eigenvalue weighted by Gasteiger charge is 2.10. The first-order valence-corrected chi connectivity index (χ1v) is 7.46. The number of para-hydroxylation sites is 2. The fourth-order valence-electron chi connectivity index (χ4n) is 2.38. The monoisotopic (exact) mass is 289 g/mol. The minimum Gasteiger partial charge on any atom is -0.383 e. The van der Waals surface area contributed by atoms with E-state index in [2.05, 4.69) is 20.9 Å². The van der Waals surface area contributed by atoms with Gasteiger partial charge in [0.15, 0.2) is 0 Å². The molecular formula is C16H23N3O2. The lowest BCUT2D eigenvalue weighted by molar-refractivity contribution is -0.121. The fourth-order valence-corrected chi connectivity index (χ4v) is 2.38. The van der Waals surface area contributed by atoms with Crippen molar-refractivity contribution >= 4 is 16.9 Å². The van der Waals surface area contributed by atoms with E-state index in [-0.39, 0.29) is 5.91 Å². The van der Waals surface area contributed by atoms with Gasteiger partial charge in [-0.2, -0.15) is 0 Å². The predicted octanol–water partition coefficient (Wildman–Crippen LogP) is 2.14. The molecule has 1 heterocycles. The summed E-state index contributed by atoms with van der Waals surface area (Å²) >= 11 is 0. The number of carbonyl (C=O) groups excluding carboxylic acids is 1. The fraction of sp³-hybridized carbons (Fsp3) is 0.500. The Morgan fingerprint density at radius 1 is 1.38 bits per heavy atom. The van der Waals surface area contributed by atoms with Crippen LogP contribution in [-0.4, -0.2) is 35.7 Å². The second-order valence-corrected chi connectivity index (χ2v) is 5.01.